The lowest BCUT2D eigenvalue weighted by atomic mass is 10.1. The minimum atomic E-state index is 0.562. The fraction of sp³-hybridized carbons (Fsp3) is 0.0667. The number of nitrogens with two attached hydrogens (primary N) is 1. The molecule has 100 valence electrons. The summed E-state index contributed by atoms with van der Waals surface area (Å²) in [4.78, 5) is 4.38. The summed E-state index contributed by atoms with van der Waals surface area (Å²) in [5.74, 6) is 1.13. The van der Waals surface area contributed by atoms with Gasteiger partial charge in [-0.3, -0.25) is 0 Å². The summed E-state index contributed by atoms with van der Waals surface area (Å²) in [6.45, 7) is 0. The van der Waals surface area contributed by atoms with Crippen LogP contribution in [0.1, 0.15) is 11.5 Å². The van der Waals surface area contributed by atoms with Gasteiger partial charge in [-0.25, -0.2) is 0 Å². The van der Waals surface area contributed by atoms with Crippen molar-refractivity contribution in [2.75, 3.05) is 5.73 Å². The number of hydrogen-bond acceptors (Lipinski definition) is 4. The lowest BCUT2D eigenvalue weighted by molar-refractivity contribution is 0.385. The van der Waals surface area contributed by atoms with Gasteiger partial charge in [-0.2, -0.15) is 4.98 Å². The summed E-state index contributed by atoms with van der Waals surface area (Å²) in [7, 11) is 0. The zero-order chi connectivity index (χ0) is 13.9. The third kappa shape index (κ3) is 2.81. The van der Waals surface area contributed by atoms with Crippen molar-refractivity contribution in [1.82, 2.24) is 10.1 Å². The Hall–Kier alpha value is -2.33. The molecule has 5 heteroatoms. The van der Waals surface area contributed by atoms with Gasteiger partial charge >= 0.3 is 0 Å². The Kier molecular flexibility index (Phi) is 3.39. The number of benzene rings is 2. The molecule has 0 amide bonds. The molecule has 2 aromatic carbocycles. The van der Waals surface area contributed by atoms with E-state index in [4.69, 9.17) is 21.9 Å². The summed E-state index contributed by atoms with van der Waals surface area (Å²) in [5.41, 5.74) is 8.34. The summed E-state index contributed by atoms with van der Waals surface area (Å²) in [5, 5.41) is 4.66. The minimum Gasteiger partial charge on any atom is -0.399 e. The first-order chi connectivity index (χ1) is 9.70. The number of hydrogen-bond donors (Lipinski definition) is 1. The van der Waals surface area contributed by atoms with Crippen LogP contribution in [0.25, 0.3) is 11.4 Å². The van der Waals surface area contributed by atoms with Gasteiger partial charge < -0.3 is 10.3 Å². The maximum Gasteiger partial charge on any atom is 0.231 e. The first-order valence-corrected chi connectivity index (χ1v) is 6.51. The van der Waals surface area contributed by atoms with Gasteiger partial charge in [0.05, 0.1) is 6.42 Å². The van der Waals surface area contributed by atoms with Gasteiger partial charge in [0.25, 0.3) is 0 Å². The maximum absolute atomic E-state index is 5.85. The highest BCUT2D eigenvalue weighted by molar-refractivity contribution is 6.30. The topological polar surface area (TPSA) is 64.9 Å². The van der Waals surface area contributed by atoms with Gasteiger partial charge in [0.2, 0.25) is 11.7 Å². The smallest absolute Gasteiger partial charge is 0.231 e. The van der Waals surface area contributed by atoms with E-state index in [0.29, 0.717) is 23.2 Å². The molecule has 0 fully saturated rings. The van der Waals surface area contributed by atoms with Crippen LogP contribution in [0.5, 0.6) is 0 Å². The Bertz CT molecular complexity index is 705. The molecule has 0 spiro atoms. The molecule has 20 heavy (non-hydrogen) atoms. The molecule has 3 rings (SSSR count). The third-order valence-corrected chi connectivity index (χ3v) is 3.16. The highest BCUT2D eigenvalue weighted by atomic mass is 35.5. The van der Waals surface area contributed by atoms with E-state index in [0.717, 1.165) is 16.8 Å². The van der Waals surface area contributed by atoms with Crippen molar-refractivity contribution in [3.63, 3.8) is 0 Å². The van der Waals surface area contributed by atoms with Crippen molar-refractivity contribution in [2.45, 2.75) is 6.42 Å². The average molecular weight is 286 g/mol. The molecule has 0 aliphatic heterocycles. The Labute approximate surface area is 121 Å². The molecule has 0 aliphatic carbocycles. The molecule has 4 nitrogen and oxygen atoms in total. The maximum atomic E-state index is 5.85. The molecule has 0 saturated carbocycles. The van der Waals surface area contributed by atoms with Gasteiger partial charge in [0.1, 0.15) is 0 Å². The van der Waals surface area contributed by atoms with Gasteiger partial charge in [0.15, 0.2) is 0 Å². The van der Waals surface area contributed by atoms with E-state index in [1.54, 1.807) is 12.1 Å². The molecule has 0 saturated heterocycles. The second-order valence-corrected chi connectivity index (χ2v) is 4.87. The number of nitrogen functional groups attached to an aromatic ring is 1. The second-order valence-electron chi connectivity index (χ2n) is 4.44. The normalized spacial score (nSPS) is 10.7. The Morgan fingerprint density at radius 3 is 2.40 bits per heavy atom. The van der Waals surface area contributed by atoms with E-state index in [-0.39, 0.29) is 0 Å². The van der Waals surface area contributed by atoms with Crippen molar-refractivity contribution in [2.24, 2.45) is 0 Å². The molecule has 0 bridgehead atoms. The number of aromatic nitrogens is 2. The highest BCUT2D eigenvalue weighted by Gasteiger charge is 2.09. The standard InChI is InChI=1S/C15H12ClN3O/c16-12-5-3-11(4-6-12)15-18-14(20-19-15)9-10-1-7-13(17)8-2-10/h1-8H,9,17H2. The molecular weight excluding hydrogens is 274 g/mol. The lowest BCUT2D eigenvalue weighted by Gasteiger charge is -1.97. The van der Waals surface area contributed by atoms with Gasteiger partial charge in [-0.1, -0.05) is 28.9 Å². The molecule has 1 aromatic heterocycles. The average Bonchev–Trinajstić information content (AvgIpc) is 2.91. The fourth-order valence-electron chi connectivity index (χ4n) is 1.85. The molecule has 3 aromatic rings. The first kappa shape index (κ1) is 12.7. The molecule has 0 aliphatic rings. The van der Waals surface area contributed by atoms with Crippen LogP contribution in [0, 0.1) is 0 Å². The van der Waals surface area contributed by atoms with Crippen LogP contribution >= 0.6 is 11.6 Å². The van der Waals surface area contributed by atoms with E-state index in [2.05, 4.69) is 10.1 Å². The minimum absolute atomic E-state index is 0.562. The van der Waals surface area contributed by atoms with Crippen LogP contribution in [0.2, 0.25) is 5.02 Å². The van der Waals surface area contributed by atoms with Gasteiger partial charge in [0, 0.05) is 16.3 Å². The summed E-state index contributed by atoms with van der Waals surface area (Å²) in [6.07, 6.45) is 0.584. The lowest BCUT2D eigenvalue weighted by Crippen LogP contribution is -1.90. The predicted octanol–water partition coefficient (Wildman–Crippen LogP) is 3.56. The fourth-order valence-corrected chi connectivity index (χ4v) is 1.98. The molecule has 0 unspecified atom stereocenters. The van der Waals surface area contributed by atoms with Crippen LogP contribution in [-0.4, -0.2) is 10.1 Å². The van der Waals surface area contributed by atoms with Crippen LogP contribution < -0.4 is 5.73 Å². The van der Waals surface area contributed by atoms with Crippen molar-refractivity contribution in [1.29, 1.82) is 0 Å². The number of nitrogens with zero attached hydrogens (tertiary/aromatic N) is 2. The van der Waals surface area contributed by atoms with E-state index >= 15 is 0 Å². The SMILES string of the molecule is Nc1ccc(Cc2nc(-c3ccc(Cl)cc3)no2)cc1. The highest BCUT2D eigenvalue weighted by Crippen LogP contribution is 2.19. The van der Waals surface area contributed by atoms with E-state index < -0.39 is 0 Å². The first-order valence-electron chi connectivity index (χ1n) is 6.14. The van der Waals surface area contributed by atoms with E-state index in [1.807, 2.05) is 36.4 Å². The van der Waals surface area contributed by atoms with Gasteiger partial charge in [-0.05, 0) is 42.0 Å². The Balaban J connectivity index is 1.80. The second kappa shape index (κ2) is 5.35. The van der Waals surface area contributed by atoms with Crippen molar-refractivity contribution < 1.29 is 4.52 Å². The monoisotopic (exact) mass is 285 g/mol. The summed E-state index contributed by atoms with van der Waals surface area (Å²) >= 11 is 5.85. The largest absolute Gasteiger partial charge is 0.399 e. The number of rotatable bonds is 3. The summed E-state index contributed by atoms with van der Waals surface area (Å²) < 4.78 is 5.26. The Morgan fingerprint density at radius 1 is 1.00 bits per heavy atom. The zero-order valence-electron chi connectivity index (χ0n) is 10.6. The molecule has 0 atom stereocenters. The number of anilines is 1. The predicted molar refractivity (Wildman–Crippen MR) is 78.4 cm³/mol. The molecule has 1 heterocycles. The summed E-state index contributed by atoms with van der Waals surface area (Å²) in [6, 6.07) is 14.9. The zero-order valence-corrected chi connectivity index (χ0v) is 11.3. The van der Waals surface area contributed by atoms with Crippen LogP contribution in [-0.2, 0) is 6.42 Å². The molecule has 2 N–H and O–H groups in total. The van der Waals surface area contributed by atoms with Gasteiger partial charge in [-0.15, -0.1) is 0 Å². The van der Waals surface area contributed by atoms with Crippen molar-refractivity contribution >= 4 is 17.3 Å². The molecular formula is C15H12ClN3O. The van der Waals surface area contributed by atoms with E-state index in [9.17, 15) is 0 Å². The van der Waals surface area contributed by atoms with Crippen molar-refractivity contribution in [3.05, 3.63) is 65.0 Å². The third-order valence-electron chi connectivity index (χ3n) is 2.91. The van der Waals surface area contributed by atoms with Crippen molar-refractivity contribution in [3.8, 4) is 11.4 Å². The van der Waals surface area contributed by atoms with E-state index in [1.165, 1.54) is 0 Å². The van der Waals surface area contributed by atoms with Crippen LogP contribution in [0.15, 0.2) is 53.1 Å². The Morgan fingerprint density at radius 2 is 1.70 bits per heavy atom. The molecule has 0 radical (unpaired) electrons. The van der Waals surface area contributed by atoms with Crippen LogP contribution in [0.3, 0.4) is 0 Å². The quantitative estimate of drug-likeness (QED) is 0.747. The number of halogens is 1. The van der Waals surface area contributed by atoms with Crippen LogP contribution in [0.4, 0.5) is 5.69 Å².